The first-order valence-electron chi connectivity index (χ1n) is 7.05. The molecule has 0 aliphatic heterocycles. The van der Waals surface area contributed by atoms with Gasteiger partial charge in [-0.05, 0) is 19.8 Å². The van der Waals surface area contributed by atoms with Crippen LogP contribution in [0.1, 0.15) is 43.3 Å². The molecule has 0 amide bonds. The first kappa shape index (κ1) is 16.1. The molecule has 1 aliphatic carbocycles. The maximum Gasteiger partial charge on any atom is 0.434 e. The number of nitrogens with one attached hydrogen (secondary N) is 2. The van der Waals surface area contributed by atoms with Gasteiger partial charge in [0.05, 0.1) is 6.54 Å². The lowest BCUT2D eigenvalue weighted by molar-refractivity contribution is -0.140. The highest BCUT2D eigenvalue weighted by molar-refractivity contribution is 7.09. The van der Waals surface area contributed by atoms with E-state index in [0.717, 1.165) is 29.6 Å². The van der Waals surface area contributed by atoms with Gasteiger partial charge in [-0.2, -0.15) is 13.2 Å². The Kier molecular flexibility index (Phi) is 5.44. The smallest absolute Gasteiger partial charge is 0.357 e. The molecule has 0 unspecified atom stereocenters. The molecule has 1 aromatic rings. The van der Waals surface area contributed by atoms with Crippen LogP contribution in [-0.4, -0.2) is 23.5 Å². The molecule has 4 nitrogen and oxygen atoms in total. The summed E-state index contributed by atoms with van der Waals surface area (Å²) in [7, 11) is 0. The summed E-state index contributed by atoms with van der Waals surface area (Å²) in [4.78, 5) is 7.89. The van der Waals surface area contributed by atoms with Gasteiger partial charge in [0.15, 0.2) is 11.7 Å². The van der Waals surface area contributed by atoms with Crippen molar-refractivity contribution >= 4 is 17.3 Å². The second-order valence-electron chi connectivity index (χ2n) is 4.95. The number of aromatic nitrogens is 1. The van der Waals surface area contributed by atoms with E-state index >= 15 is 0 Å². The SMILES string of the molecule is CCNC(=NCc1nc(C(F)(F)F)cs1)NC1CCCC1. The number of nitrogens with zero attached hydrogens (tertiary/aromatic N) is 2. The molecule has 2 N–H and O–H groups in total. The summed E-state index contributed by atoms with van der Waals surface area (Å²) in [5.41, 5.74) is -0.841. The van der Waals surface area contributed by atoms with Crippen molar-refractivity contribution in [2.24, 2.45) is 4.99 Å². The zero-order chi connectivity index (χ0) is 15.3. The number of rotatable bonds is 4. The maximum absolute atomic E-state index is 12.5. The molecule has 0 saturated heterocycles. The number of hydrogen-bond acceptors (Lipinski definition) is 3. The van der Waals surface area contributed by atoms with Crippen molar-refractivity contribution in [1.82, 2.24) is 15.6 Å². The topological polar surface area (TPSA) is 49.3 Å². The van der Waals surface area contributed by atoms with Crippen LogP contribution in [0, 0.1) is 0 Å². The Labute approximate surface area is 125 Å². The van der Waals surface area contributed by atoms with Crippen molar-refractivity contribution in [2.75, 3.05) is 6.54 Å². The van der Waals surface area contributed by atoms with Gasteiger partial charge in [-0.3, -0.25) is 0 Å². The standard InChI is InChI=1S/C13H19F3N4S/c1-2-17-12(19-9-5-3-4-6-9)18-7-11-20-10(8-21-11)13(14,15)16/h8-9H,2-7H2,1H3,(H2,17,18,19). The Bertz CT molecular complexity index is 478. The molecule has 0 atom stereocenters. The molecule has 1 saturated carbocycles. The molecule has 8 heteroatoms. The van der Waals surface area contributed by atoms with E-state index < -0.39 is 11.9 Å². The largest absolute Gasteiger partial charge is 0.434 e. The number of aliphatic imine (C=N–C) groups is 1. The molecular weight excluding hydrogens is 301 g/mol. The van der Waals surface area contributed by atoms with Crippen LogP contribution in [0.25, 0.3) is 0 Å². The summed E-state index contributed by atoms with van der Waals surface area (Å²) in [6.07, 6.45) is 0.252. The number of hydrogen-bond donors (Lipinski definition) is 2. The van der Waals surface area contributed by atoms with Crippen molar-refractivity contribution in [3.8, 4) is 0 Å². The second-order valence-corrected chi connectivity index (χ2v) is 5.89. The quantitative estimate of drug-likeness (QED) is 0.662. The number of thiazole rings is 1. The molecule has 1 aliphatic rings. The Morgan fingerprint density at radius 2 is 2.14 bits per heavy atom. The lowest BCUT2D eigenvalue weighted by Gasteiger charge is -2.16. The Morgan fingerprint density at radius 1 is 1.43 bits per heavy atom. The number of halogens is 3. The fourth-order valence-corrected chi connectivity index (χ4v) is 2.97. The Hall–Kier alpha value is -1.31. The molecule has 1 heterocycles. The van der Waals surface area contributed by atoms with Gasteiger partial charge in [0.1, 0.15) is 5.01 Å². The highest BCUT2D eigenvalue weighted by atomic mass is 32.1. The van der Waals surface area contributed by atoms with Crippen molar-refractivity contribution in [2.45, 2.75) is 51.4 Å². The Balaban J connectivity index is 1.96. The van der Waals surface area contributed by atoms with Gasteiger partial charge in [-0.1, -0.05) is 12.8 Å². The van der Waals surface area contributed by atoms with Gasteiger partial charge < -0.3 is 10.6 Å². The highest BCUT2D eigenvalue weighted by Gasteiger charge is 2.33. The molecule has 1 aromatic heterocycles. The fraction of sp³-hybridized carbons (Fsp3) is 0.692. The lowest BCUT2D eigenvalue weighted by atomic mass is 10.2. The third-order valence-corrected chi connectivity index (χ3v) is 4.09. The first-order chi connectivity index (χ1) is 9.99. The van der Waals surface area contributed by atoms with E-state index in [1.54, 1.807) is 0 Å². The molecular formula is C13H19F3N4S. The molecule has 0 radical (unpaired) electrons. The van der Waals surface area contributed by atoms with Crippen LogP contribution in [-0.2, 0) is 12.7 Å². The summed E-state index contributed by atoms with van der Waals surface area (Å²) in [6.45, 7) is 2.82. The minimum absolute atomic E-state index is 0.156. The third-order valence-electron chi connectivity index (χ3n) is 3.25. The maximum atomic E-state index is 12.5. The summed E-state index contributed by atoms with van der Waals surface area (Å²) in [6, 6.07) is 0.407. The summed E-state index contributed by atoms with van der Waals surface area (Å²) >= 11 is 0.985. The number of alkyl halides is 3. The molecule has 0 bridgehead atoms. The highest BCUT2D eigenvalue weighted by Crippen LogP contribution is 2.30. The van der Waals surface area contributed by atoms with Gasteiger partial charge in [-0.25, -0.2) is 9.98 Å². The molecule has 2 rings (SSSR count). The monoisotopic (exact) mass is 320 g/mol. The van der Waals surface area contributed by atoms with E-state index in [2.05, 4.69) is 20.6 Å². The lowest BCUT2D eigenvalue weighted by Crippen LogP contribution is -2.42. The van der Waals surface area contributed by atoms with Gasteiger partial charge >= 0.3 is 6.18 Å². The average molecular weight is 320 g/mol. The fourth-order valence-electron chi connectivity index (χ4n) is 2.24. The van der Waals surface area contributed by atoms with Crippen LogP contribution < -0.4 is 10.6 Å². The normalized spacial score (nSPS) is 17.2. The molecule has 118 valence electrons. The average Bonchev–Trinajstić information content (AvgIpc) is 3.06. The second kappa shape index (κ2) is 7.11. The third kappa shape index (κ3) is 4.87. The minimum Gasteiger partial charge on any atom is -0.357 e. The summed E-state index contributed by atoms with van der Waals surface area (Å²) in [5.74, 6) is 0.646. The van der Waals surface area contributed by atoms with Crippen LogP contribution in [0.4, 0.5) is 13.2 Å². The molecule has 0 aromatic carbocycles. The van der Waals surface area contributed by atoms with Crippen molar-refractivity contribution in [3.63, 3.8) is 0 Å². The van der Waals surface area contributed by atoms with Gasteiger partial charge in [0.25, 0.3) is 0 Å². The zero-order valence-electron chi connectivity index (χ0n) is 11.8. The van der Waals surface area contributed by atoms with E-state index in [4.69, 9.17) is 0 Å². The number of guanidine groups is 1. The first-order valence-corrected chi connectivity index (χ1v) is 7.93. The predicted octanol–water partition coefficient (Wildman–Crippen LogP) is 3.16. The predicted molar refractivity (Wildman–Crippen MR) is 77.3 cm³/mol. The van der Waals surface area contributed by atoms with Gasteiger partial charge in [-0.15, -0.1) is 11.3 Å². The van der Waals surface area contributed by atoms with Crippen LogP contribution >= 0.6 is 11.3 Å². The van der Waals surface area contributed by atoms with Gasteiger partial charge in [0.2, 0.25) is 0 Å². The molecule has 0 spiro atoms. The summed E-state index contributed by atoms with van der Waals surface area (Å²) < 4.78 is 37.4. The van der Waals surface area contributed by atoms with Crippen LogP contribution in [0.3, 0.4) is 0 Å². The van der Waals surface area contributed by atoms with E-state index in [1.165, 1.54) is 12.8 Å². The molecule has 1 fully saturated rings. The van der Waals surface area contributed by atoms with Crippen LogP contribution in [0.15, 0.2) is 10.4 Å². The van der Waals surface area contributed by atoms with Crippen molar-refractivity contribution in [1.29, 1.82) is 0 Å². The Morgan fingerprint density at radius 3 is 2.71 bits per heavy atom. The van der Waals surface area contributed by atoms with E-state index in [-0.39, 0.29) is 6.54 Å². The van der Waals surface area contributed by atoms with Crippen LogP contribution in [0.5, 0.6) is 0 Å². The minimum atomic E-state index is -4.38. The van der Waals surface area contributed by atoms with Crippen LogP contribution in [0.2, 0.25) is 0 Å². The van der Waals surface area contributed by atoms with E-state index in [1.807, 2.05) is 6.92 Å². The zero-order valence-corrected chi connectivity index (χ0v) is 12.7. The van der Waals surface area contributed by atoms with Crippen molar-refractivity contribution in [3.05, 3.63) is 16.1 Å². The summed E-state index contributed by atoms with van der Waals surface area (Å²) in [5, 5.41) is 7.82. The van der Waals surface area contributed by atoms with Gasteiger partial charge in [0, 0.05) is 18.0 Å². The van der Waals surface area contributed by atoms with E-state index in [0.29, 0.717) is 23.6 Å². The molecule has 21 heavy (non-hydrogen) atoms. The van der Waals surface area contributed by atoms with Crippen molar-refractivity contribution < 1.29 is 13.2 Å². The van der Waals surface area contributed by atoms with E-state index in [9.17, 15) is 13.2 Å².